The van der Waals surface area contributed by atoms with E-state index in [9.17, 15) is 26.4 Å². The molecule has 1 atom stereocenters. The normalized spacial score (nSPS) is 20.4. The highest BCUT2D eigenvalue weighted by Gasteiger charge is 2.46. The Balaban J connectivity index is 0.000000451. The summed E-state index contributed by atoms with van der Waals surface area (Å²) in [7, 11) is 0.640. The number of fused-ring (bicyclic) bond motifs is 2. The first-order chi connectivity index (χ1) is 14.6. The largest absolute Gasteiger partial charge is 0.490 e. The van der Waals surface area contributed by atoms with Gasteiger partial charge in [0.05, 0.1) is 30.1 Å². The van der Waals surface area contributed by atoms with Crippen molar-refractivity contribution in [2.24, 2.45) is 0 Å². The minimum absolute atomic E-state index is 0.0232. The molecule has 1 aromatic heterocycles. The molecule has 1 spiro atoms. The number of halogens is 3. The van der Waals surface area contributed by atoms with E-state index in [2.05, 4.69) is 4.98 Å². The van der Waals surface area contributed by atoms with E-state index >= 15 is 0 Å². The van der Waals surface area contributed by atoms with Crippen LogP contribution in [0.4, 0.5) is 19.1 Å². The number of nitrogens with zero attached hydrogens (tertiary/aromatic N) is 4. The van der Waals surface area contributed by atoms with Crippen LogP contribution in [0.3, 0.4) is 0 Å². The zero-order valence-electron chi connectivity index (χ0n) is 17.8. The van der Waals surface area contributed by atoms with Gasteiger partial charge < -0.3 is 19.6 Å². The maximum atomic E-state index is 12.4. The van der Waals surface area contributed by atoms with Gasteiger partial charge in [0.2, 0.25) is 11.9 Å². The number of sulfone groups is 1. The lowest BCUT2D eigenvalue weighted by Gasteiger charge is -2.34. The number of carboxylic acids is 1. The molecule has 3 rings (SSSR count). The number of likely N-dealkylation sites (tertiary alicyclic amines) is 1. The average Bonchev–Trinajstić information content (AvgIpc) is 3.10. The van der Waals surface area contributed by atoms with Crippen LogP contribution < -0.4 is 4.90 Å². The molecule has 1 amide bonds. The predicted molar refractivity (Wildman–Crippen MR) is 107 cm³/mol. The van der Waals surface area contributed by atoms with Gasteiger partial charge in [-0.2, -0.15) is 13.2 Å². The van der Waals surface area contributed by atoms with Crippen molar-refractivity contribution in [1.82, 2.24) is 14.9 Å². The van der Waals surface area contributed by atoms with Gasteiger partial charge in [-0.1, -0.05) is 0 Å². The number of ether oxygens (including phenoxy) is 1. The van der Waals surface area contributed by atoms with Crippen LogP contribution in [0.25, 0.3) is 0 Å². The fourth-order valence-corrected chi connectivity index (χ4v) is 3.98. The molecule has 0 aromatic carbocycles. The number of alkyl halides is 3. The van der Waals surface area contributed by atoms with E-state index in [4.69, 9.17) is 19.6 Å². The van der Waals surface area contributed by atoms with Crippen LogP contribution in [0.15, 0.2) is 6.20 Å². The second kappa shape index (κ2) is 9.57. The molecule has 0 aliphatic carbocycles. The van der Waals surface area contributed by atoms with Gasteiger partial charge in [-0.15, -0.1) is 0 Å². The first kappa shape index (κ1) is 25.8. The molecule has 180 valence electrons. The summed E-state index contributed by atoms with van der Waals surface area (Å²) in [6.07, 6.45) is -1.35. The number of aromatic nitrogens is 2. The highest BCUT2D eigenvalue weighted by molar-refractivity contribution is 7.90. The van der Waals surface area contributed by atoms with Gasteiger partial charge in [-0.25, -0.2) is 23.2 Å². The second-order valence-corrected chi connectivity index (χ2v) is 10.2. The number of aliphatic carboxylic acids is 1. The van der Waals surface area contributed by atoms with Crippen molar-refractivity contribution in [3.8, 4) is 0 Å². The summed E-state index contributed by atoms with van der Waals surface area (Å²) in [6, 6.07) is 0. The molecule has 14 heteroatoms. The molecule has 10 nitrogen and oxygen atoms in total. The number of carboxylic acid groups (broad SMARTS) is 1. The molecule has 0 radical (unpaired) electrons. The van der Waals surface area contributed by atoms with E-state index in [0.717, 1.165) is 23.9 Å². The van der Waals surface area contributed by atoms with Gasteiger partial charge >= 0.3 is 12.1 Å². The Labute approximate surface area is 183 Å². The fourth-order valence-electron chi connectivity index (χ4n) is 3.43. The zero-order valence-corrected chi connectivity index (χ0v) is 18.7. The summed E-state index contributed by atoms with van der Waals surface area (Å²) in [5.74, 6) is -2.36. The molecule has 2 aliphatic rings. The van der Waals surface area contributed by atoms with Gasteiger partial charge in [0.15, 0.2) is 0 Å². The third-order valence-corrected chi connectivity index (χ3v) is 5.97. The Kier molecular flexibility index (Phi) is 7.71. The maximum absolute atomic E-state index is 12.4. The maximum Gasteiger partial charge on any atom is 0.490 e. The molecule has 1 aromatic rings. The van der Waals surface area contributed by atoms with Crippen molar-refractivity contribution in [2.45, 2.75) is 31.0 Å². The first-order valence-electron chi connectivity index (χ1n) is 9.52. The minimum atomic E-state index is -5.08. The lowest BCUT2D eigenvalue weighted by atomic mass is 9.80. The van der Waals surface area contributed by atoms with E-state index < -0.39 is 22.0 Å². The average molecular weight is 482 g/mol. The van der Waals surface area contributed by atoms with Crippen molar-refractivity contribution in [1.29, 1.82) is 0 Å². The number of hydrogen-bond acceptors (Lipinski definition) is 8. The smallest absolute Gasteiger partial charge is 0.475 e. The number of anilines is 1. The highest BCUT2D eigenvalue weighted by atomic mass is 32.2. The van der Waals surface area contributed by atoms with E-state index in [1.807, 2.05) is 19.0 Å². The number of amides is 1. The summed E-state index contributed by atoms with van der Waals surface area (Å²) >= 11 is 0. The lowest BCUT2D eigenvalue weighted by Crippen LogP contribution is -2.42. The number of rotatable bonds is 4. The standard InChI is InChI=1S/C16H24N4O4S.C2HF3O2/c1-19(2)15-17-8-12-9-24-11-16(14(12)18-15)5-6-20(10-16)13(21)4-7-25(3,22)23;3-2(4,5)1(6)7/h8H,4-7,9-11H2,1-3H3;(H,6,7). The molecule has 1 N–H and O–H groups in total. The van der Waals surface area contributed by atoms with Crippen LogP contribution in [0.2, 0.25) is 0 Å². The minimum Gasteiger partial charge on any atom is -0.475 e. The van der Waals surface area contributed by atoms with Crippen molar-refractivity contribution in [3.05, 3.63) is 17.5 Å². The molecule has 3 heterocycles. The molecular weight excluding hydrogens is 457 g/mol. The predicted octanol–water partition coefficient (Wildman–Crippen LogP) is 0.611. The molecule has 32 heavy (non-hydrogen) atoms. The van der Waals surface area contributed by atoms with Crippen LogP contribution in [0, 0.1) is 0 Å². The number of hydrogen-bond donors (Lipinski definition) is 1. The summed E-state index contributed by atoms with van der Waals surface area (Å²) in [5.41, 5.74) is 1.58. The quantitative estimate of drug-likeness (QED) is 0.656. The summed E-state index contributed by atoms with van der Waals surface area (Å²) in [5, 5.41) is 7.12. The van der Waals surface area contributed by atoms with E-state index in [1.54, 1.807) is 11.1 Å². The molecule has 2 aliphatic heterocycles. The van der Waals surface area contributed by atoms with Crippen LogP contribution >= 0.6 is 0 Å². The number of carbonyl (C=O) groups excluding carboxylic acids is 1. The Bertz CT molecular complexity index is 970. The SMILES string of the molecule is CN(C)c1ncc2c(n1)C1(CCN(C(=O)CCS(C)(=O)=O)C1)COC2.O=C(O)C(F)(F)F. The number of carbonyl (C=O) groups is 2. The Morgan fingerprint density at radius 3 is 2.50 bits per heavy atom. The Morgan fingerprint density at radius 2 is 1.97 bits per heavy atom. The topological polar surface area (TPSA) is 130 Å². The van der Waals surface area contributed by atoms with Gasteiger partial charge in [0.1, 0.15) is 9.84 Å². The van der Waals surface area contributed by atoms with Crippen LogP contribution in [0.5, 0.6) is 0 Å². The second-order valence-electron chi connectivity index (χ2n) is 7.96. The molecule has 0 saturated carbocycles. The summed E-state index contributed by atoms with van der Waals surface area (Å²) in [4.78, 5) is 33.9. The van der Waals surface area contributed by atoms with Crippen molar-refractivity contribution in [2.75, 3.05) is 50.7 Å². The van der Waals surface area contributed by atoms with E-state index in [0.29, 0.717) is 32.3 Å². The van der Waals surface area contributed by atoms with Crippen LogP contribution in [-0.4, -0.2) is 92.2 Å². The van der Waals surface area contributed by atoms with Gasteiger partial charge in [0, 0.05) is 51.6 Å². The molecule has 1 fully saturated rings. The van der Waals surface area contributed by atoms with E-state index in [1.165, 1.54) is 0 Å². The van der Waals surface area contributed by atoms with Crippen LogP contribution in [0.1, 0.15) is 24.1 Å². The summed E-state index contributed by atoms with van der Waals surface area (Å²) < 4.78 is 60.1. The molecular formula is C18H25F3N4O6S. The third kappa shape index (κ3) is 6.51. The molecule has 1 saturated heterocycles. The lowest BCUT2D eigenvalue weighted by molar-refractivity contribution is -0.192. The van der Waals surface area contributed by atoms with Crippen molar-refractivity contribution in [3.63, 3.8) is 0 Å². The molecule has 1 unspecified atom stereocenters. The highest BCUT2D eigenvalue weighted by Crippen LogP contribution is 2.39. The fraction of sp³-hybridized carbons (Fsp3) is 0.667. The van der Waals surface area contributed by atoms with E-state index in [-0.39, 0.29) is 23.5 Å². The zero-order chi connectivity index (χ0) is 24.3. The van der Waals surface area contributed by atoms with Gasteiger partial charge in [0.25, 0.3) is 0 Å². The third-order valence-electron chi connectivity index (χ3n) is 5.03. The first-order valence-corrected chi connectivity index (χ1v) is 11.6. The summed E-state index contributed by atoms with van der Waals surface area (Å²) in [6.45, 7) is 2.09. The van der Waals surface area contributed by atoms with Crippen LogP contribution in [-0.2, 0) is 36.2 Å². The monoisotopic (exact) mass is 482 g/mol. The van der Waals surface area contributed by atoms with Crippen molar-refractivity contribution < 1.29 is 41.0 Å². The Hall–Kier alpha value is -2.48. The van der Waals surface area contributed by atoms with Crippen molar-refractivity contribution >= 4 is 27.7 Å². The van der Waals surface area contributed by atoms with Gasteiger partial charge in [-0.05, 0) is 6.42 Å². The van der Waals surface area contributed by atoms with Gasteiger partial charge in [-0.3, -0.25) is 4.79 Å². The molecule has 0 bridgehead atoms. The Morgan fingerprint density at radius 1 is 1.34 bits per heavy atom.